The summed E-state index contributed by atoms with van der Waals surface area (Å²) < 4.78 is 2.06. The number of aliphatic hydroxyl groups excluding tert-OH is 1. The lowest BCUT2D eigenvalue weighted by atomic mass is 9.94. The Kier molecular flexibility index (Phi) is 9.31. The molecule has 0 radical (unpaired) electrons. The molecule has 0 saturated carbocycles. The number of nitrogens with zero attached hydrogens (tertiary/aromatic N) is 5. The van der Waals surface area contributed by atoms with Crippen molar-refractivity contribution in [3.63, 3.8) is 0 Å². The molecule has 3 rings (SSSR count). The first-order valence-corrected chi connectivity index (χ1v) is 12.8. The molecule has 1 aliphatic heterocycles. The largest absolute Gasteiger partial charge is 0.396 e. The molecular formula is C29H41N5O. The Hall–Kier alpha value is -2.88. The van der Waals surface area contributed by atoms with Crippen LogP contribution in [0.15, 0.2) is 35.8 Å². The van der Waals surface area contributed by atoms with E-state index in [-0.39, 0.29) is 12.6 Å². The van der Waals surface area contributed by atoms with Gasteiger partial charge in [-0.2, -0.15) is 5.26 Å². The molecular weight excluding hydrogens is 434 g/mol. The lowest BCUT2D eigenvalue weighted by Crippen LogP contribution is -2.37. The van der Waals surface area contributed by atoms with Crippen molar-refractivity contribution in [1.29, 1.82) is 5.26 Å². The van der Waals surface area contributed by atoms with Crippen LogP contribution in [0.25, 0.3) is 12.2 Å². The molecule has 0 aliphatic carbocycles. The molecule has 2 heterocycles. The quantitative estimate of drug-likeness (QED) is 0.631. The summed E-state index contributed by atoms with van der Waals surface area (Å²) in [7, 11) is 4.16. The molecule has 6 heteroatoms. The summed E-state index contributed by atoms with van der Waals surface area (Å²) in [6.45, 7) is 10.5. The van der Waals surface area contributed by atoms with Crippen LogP contribution in [0.1, 0.15) is 64.1 Å². The Morgan fingerprint density at radius 3 is 2.60 bits per heavy atom. The number of allylic oxidation sites excluding steroid dienone is 2. The summed E-state index contributed by atoms with van der Waals surface area (Å²) >= 11 is 0. The van der Waals surface area contributed by atoms with Crippen molar-refractivity contribution in [3.05, 3.63) is 57.6 Å². The van der Waals surface area contributed by atoms with E-state index in [4.69, 9.17) is 0 Å². The van der Waals surface area contributed by atoms with Gasteiger partial charge in [0.25, 0.3) is 0 Å². The van der Waals surface area contributed by atoms with Gasteiger partial charge >= 0.3 is 0 Å². The number of aliphatic hydroxyl groups is 1. The van der Waals surface area contributed by atoms with Crippen LogP contribution in [0, 0.1) is 17.2 Å². The van der Waals surface area contributed by atoms with Gasteiger partial charge in [-0.15, -0.1) is 0 Å². The minimum Gasteiger partial charge on any atom is -0.396 e. The zero-order valence-corrected chi connectivity index (χ0v) is 22.3. The Morgan fingerprint density at radius 2 is 2.03 bits per heavy atom. The summed E-state index contributed by atoms with van der Waals surface area (Å²) in [5.41, 5.74) is 5.93. The molecule has 6 nitrogen and oxygen atoms in total. The minimum absolute atomic E-state index is 0.243. The van der Waals surface area contributed by atoms with Crippen LogP contribution in [0.4, 0.5) is 5.69 Å². The standard InChI is InChI=1S/C29H41N5O/c1-7-21(4)27(17-28-25(9-3)31-20-32(28)5)33(6)26-11-10-24(16-23(26)8-2)29(18-30)34-14-12-22(19-35)13-15-34/h9-11,16-17,20,22,29,35H,7-8,12-15,19H2,1-6H3. The van der Waals surface area contributed by atoms with Crippen molar-refractivity contribution in [1.82, 2.24) is 14.5 Å². The number of likely N-dealkylation sites (tertiary alicyclic amines) is 1. The van der Waals surface area contributed by atoms with Gasteiger partial charge in [-0.25, -0.2) is 4.98 Å². The third-order valence-corrected chi connectivity index (χ3v) is 7.44. The van der Waals surface area contributed by atoms with Gasteiger partial charge < -0.3 is 14.6 Å². The molecule has 1 saturated heterocycles. The average Bonchev–Trinajstić information content (AvgIpc) is 3.25. The summed E-state index contributed by atoms with van der Waals surface area (Å²) in [6.07, 6.45) is 9.87. The van der Waals surface area contributed by atoms with E-state index in [1.807, 2.05) is 26.4 Å². The van der Waals surface area contributed by atoms with Gasteiger partial charge in [0.05, 0.1) is 23.1 Å². The second-order valence-electron chi connectivity index (χ2n) is 9.57. The van der Waals surface area contributed by atoms with Crippen LogP contribution in [0.3, 0.4) is 0 Å². The van der Waals surface area contributed by atoms with E-state index in [0.29, 0.717) is 5.92 Å². The average molecular weight is 476 g/mol. The summed E-state index contributed by atoms with van der Waals surface area (Å²) in [4.78, 5) is 9.06. The molecule has 1 N–H and O–H groups in total. The molecule has 0 bridgehead atoms. The van der Waals surface area contributed by atoms with Gasteiger partial charge in [-0.05, 0) is 74.3 Å². The lowest BCUT2D eigenvalue weighted by molar-refractivity contribution is 0.116. The number of anilines is 1. The van der Waals surface area contributed by atoms with Crippen molar-refractivity contribution >= 4 is 17.8 Å². The van der Waals surface area contributed by atoms with Crippen LogP contribution in [-0.4, -0.2) is 46.3 Å². The predicted molar refractivity (Wildman–Crippen MR) is 144 cm³/mol. The van der Waals surface area contributed by atoms with E-state index >= 15 is 0 Å². The van der Waals surface area contributed by atoms with E-state index in [1.54, 1.807) is 0 Å². The molecule has 0 amide bonds. The fraction of sp³-hybridized carbons (Fsp3) is 0.517. The highest BCUT2D eigenvalue weighted by molar-refractivity contribution is 5.67. The maximum Gasteiger partial charge on any atom is 0.123 e. The summed E-state index contributed by atoms with van der Waals surface area (Å²) in [5, 5.41) is 21.6. The molecule has 1 unspecified atom stereocenters. The predicted octanol–water partition coefficient (Wildman–Crippen LogP) is 3.65. The fourth-order valence-corrected chi connectivity index (χ4v) is 4.95. The molecule has 0 spiro atoms. The molecule has 1 aliphatic rings. The van der Waals surface area contributed by atoms with Gasteiger partial charge in [-0.1, -0.05) is 32.1 Å². The molecule has 2 aromatic rings. The van der Waals surface area contributed by atoms with E-state index in [0.717, 1.165) is 60.7 Å². The van der Waals surface area contributed by atoms with Crippen LogP contribution in [-0.2, 0) is 13.5 Å². The number of nitriles is 1. The first kappa shape index (κ1) is 26.7. The van der Waals surface area contributed by atoms with Crippen molar-refractivity contribution < 1.29 is 5.11 Å². The Morgan fingerprint density at radius 1 is 1.31 bits per heavy atom. The highest BCUT2D eigenvalue weighted by Gasteiger charge is 2.26. The third-order valence-electron chi connectivity index (χ3n) is 7.44. The van der Waals surface area contributed by atoms with E-state index in [1.165, 1.54) is 16.8 Å². The Labute approximate surface area is 210 Å². The van der Waals surface area contributed by atoms with Crippen molar-refractivity contribution in [2.24, 2.45) is 13.0 Å². The number of imidazole rings is 1. The van der Waals surface area contributed by atoms with Gasteiger partial charge in [0.2, 0.25) is 0 Å². The van der Waals surface area contributed by atoms with Crippen LogP contribution < -0.4 is 15.6 Å². The van der Waals surface area contributed by atoms with E-state index in [9.17, 15) is 10.4 Å². The SMILES string of the molecule is CC=c1ncn(C)c1=CC(=C(C)CC)N(C)c1ccc(C(C#N)N2CCC(CO)CC2)cc1CC. The van der Waals surface area contributed by atoms with Gasteiger partial charge in [0.15, 0.2) is 0 Å². The smallest absolute Gasteiger partial charge is 0.123 e. The zero-order chi connectivity index (χ0) is 25.5. The third kappa shape index (κ3) is 5.86. The number of aromatic nitrogens is 2. The highest BCUT2D eigenvalue weighted by Crippen LogP contribution is 2.32. The number of hydrogen-bond acceptors (Lipinski definition) is 5. The topological polar surface area (TPSA) is 68.3 Å². The second kappa shape index (κ2) is 12.2. The van der Waals surface area contributed by atoms with Crippen molar-refractivity contribution in [2.45, 2.75) is 59.4 Å². The number of hydrogen-bond donors (Lipinski definition) is 1. The van der Waals surface area contributed by atoms with E-state index < -0.39 is 0 Å². The lowest BCUT2D eigenvalue weighted by Gasteiger charge is -2.34. The fourth-order valence-electron chi connectivity index (χ4n) is 4.95. The van der Waals surface area contributed by atoms with Crippen molar-refractivity contribution in [2.75, 3.05) is 31.6 Å². The molecule has 1 aromatic carbocycles. The minimum atomic E-state index is -0.254. The number of rotatable bonds is 8. The highest BCUT2D eigenvalue weighted by atomic mass is 16.3. The van der Waals surface area contributed by atoms with Crippen LogP contribution in [0.5, 0.6) is 0 Å². The summed E-state index contributed by atoms with van der Waals surface area (Å²) in [5.74, 6) is 0.362. The number of benzene rings is 1. The number of piperidine rings is 1. The monoisotopic (exact) mass is 475 g/mol. The van der Waals surface area contributed by atoms with Gasteiger partial charge in [-0.3, -0.25) is 4.90 Å². The zero-order valence-electron chi connectivity index (χ0n) is 22.3. The second-order valence-corrected chi connectivity index (χ2v) is 9.57. The van der Waals surface area contributed by atoms with Crippen LogP contribution >= 0.6 is 0 Å². The molecule has 1 atom stereocenters. The van der Waals surface area contributed by atoms with Crippen LogP contribution in [0.2, 0.25) is 0 Å². The number of aryl methyl sites for hydroxylation is 2. The maximum absolute atomic E-state index is 10.0. The van der Waals surface area contributed by atoms with Gasteiger partial charge in [0, 0.05) is 45.2 Å². The normalized spacial score (nSPS) is 17.9. The maximum atomic E-state index is 10.0. The van der Waals surface area contributed by atoms with E-state index in [2.05, 4.69) is 77.5 Å². The van der Waals surface area contributed by atoms with Crippen molar-refractivity contribution in [3.8, 4) is 6.07 Å². The Bertz CT molecular complexity index is 1190. The Balaban J connectivity index is 1.99. The first-order chi connectivity index (χ1) is 16.9. The summed E-state index contributed by atoms with van der Waals surface area (Å²) in [6, 6.07) is 8.79. The molecule has 188 valence electrons. The van der Waals surface area contributed by atoms with Gasteiger partial charge in [0.1, 0.15) is 6.04 Å². The molecule has 1 aromatic heterocycles. The first-order valence-electron chi connectivity index (χ1n) is 12.8. The molecule has 35 heavy (non-hydrogen) atoms. The molecule has 1 fully saturated rings.